The Morgan fingerprint density at radius 2 is 2.00 bits per heavy atom. The van der Waals surface area contributed by atoms with Crippen LogP contribution in [-0.4, -0.2) is 30.0 Å². The molecule has 0 saturated heterocycles. The molecule has 1 rings (SSSR count). The van der Waals surface area contributed by atoms with Crippen LogP contribution < -0.4 is 0 Å². The third kappa shape index (κ3) is 4.28. The summed E-state index contributed by atoms with van der Waals surface area (Å²) in [6.45, 7) is 1.20. The standard InChI is InChI=1S/C12H11BrF2O3S/c1-2-18-11(17)12(14,15)10(16)7-19-9-6-4-3-5-8(9)13/h3-6H,2,7H2,1H3. The van der Waals surface area contributed by atoms with Crippen LogP contribution in [0.2, 0.25) is 0 Å². The summed E-state index contributed by atoms with van der Waals surface area (Å²) < 4.78 is 31.6. The number of ketones is 1. The Morgan fingerprint density at radius 3 is 2.58 bits per heavy atom. The molecule has 0 N–H and O–H groups in total. The largest absolute Gasteiger partial charge is 0.461 e. The van der Waals surface area contributed by atoms with Crippen LogP contribution in [0.3, 0.4) is 0 Å². The van der Waals surface area contributed by atoms with Gasteiger partial charge in [-0.05, 0) is 35.0 Å². The van der Waals surface area contributed by atoms with Gasteiger partial charge in [0.15, 0.2) is 0 Å². The first-order valence-corrected chi connectivity index (χ1v) is 7.13. The number of carbonyl (C=O) groups is 2. The molecule has 0 heterocycles. The molecule has 1 aromatic rings. The first-order chi connectivity index (χ1) is 8.89. The minimum absolute atomic E-state index is 0.195. The Kier molecular flexibility index (Phi) is 5.93. The number of alkyl halides is 2. The van der Waals surface area contributed by atoms with Gasteiger partial charge in [-0.1, -0.05) is 12.1 Å². The number of benzene rings is 1. The highest BCUT2D eigenvalue weighted by Crippen LogP contribution is 2.29. The lowest BCUT2D eigenvalue weighted by atomic mass is 10.2. The Bertz CT molecular complexity index is 480. The van der Waals surface area contributed by atoms with E-state index < -0.39 is 23.4 Å². The molecule has 1 aromatic carbocycles. The van der Waals surface area contributed by atoms with Crippen molar-refractivity contribution in [3.63, 3.8) is 0 Å². The van der Waals surface area contributed by atoms with Gasteiger partial charge in [0.25, 0.3) is 0 Å². The van der Waals surface area contributed by atoms with Crippen LogP contribution in [0.5, 0.6) is 0 Å². The monoisotopic (exact) mass is 352 g/mol. The first-order valence-electron chi connectivity index (χ1n) is 5.35. The lowest BCUT2D eigenvalue weighted by Crippen LogP contribution is -2.40. The van der Waals surface area contributed by atoms with Gasteiger partial charge in [-0.3, -0.25) is 4.79 Å². The van der Waals surface area contributed by atoms with E-state index in [1.165, 1.54) is 6.92 Å². The second-order valence-corrected chi connectivity index (χ2v) is 5.31. The summed E-state index contributed by atoms with van der Waals surface area (Å²) in [5.74, 6) is -7.86. The average Bonchev–Trinajstić information content (AvgIpc) is 2.37. The number of hydrogen-bond donors (Lipinski definition) is 0. The molecule has 0 radical (unpaired) electrons. The molecule has 0 aliphatic heterocycles. The number of thioether (sulfide) groups is 1. The molecule has 0 fully saturated rings. The van der Waals surface area contributed by atoms with E-state index in [0.717, 1.165) is 11.8 Å². The van der Waals surface area contributed by atoms with Crippen LogP contribution in [0.4, 0.5) is 8.78 Å². The van der Waals surface area contributed by atoms with Crippen molar-refractivity contribution in [1.82, 2.24) is 0 Å². The van der Waals surface area contributed by atoms with Gasteiger partial charge in [-0.15, -0.1) is 11.8 Å². The number of hydrogen-bond acceptors (Lipinski definition) is 4. The minimum atomic E-state index is -4.09. The summed E-state index contributed by atoms with van der Waals surface area (Å²) >= 11 is 4.17. The van der Waals surface area contributed by atoms with Crippen molar-refractivity contribution in [2.75, 3.05) is 12.4 Å². The number of rotatable bonds is 6. The van der Waals surface area contributed by atoms with Crippen molar-refractivity contribution in [2.45, 2.75) is 17.7 Å². The molecule has 3 nitrogen and oxygen atoms in total. The fourth-order valence-corrected chi connectivity index (χ4v) is 2.61. The Hall–Kier alpha value is -0.950. The van der Waals surface area contributed by atoms with Gasteiger partial charge in [-0.2, -0.15) is 8.78 Å². The number of carbonyl (C=O) groups excluding carboxylic acids is 2. The van der Waals surface area contributed by atoms with Crippen LogP contribution >= 0.6 is 27.7 Å². The molecule has 19 heavy (non-hydrogen) atoms. The van der Waals surface area contributed by atoms with Gasteiger partial charge in [0.1, 0.15) is 0 Å². The third-order valence-corrected chi connectivity index (χ3v) is 4.10. The van der Waals surface area contributed by atoms with Crippen molar-refractivity contribution < 1.29 is 23.1 Å². The van der Waals surface area contributed by atoms with E-state index >= 15 is 0 Å². The van der Waals surface area contributed by atoms with Crippen LogP contribution in [-0.2, 0) is 14.3 Å². The van der Waals surface area contributed by atoms with Crippen LogP contribution in [0.25, 0.3) is 0 Å². The van der Waals surface area contributed by atoms with Crippen LogP contribution in [0.1, 0.15) is 6.92 Å². The summed E-state index contributed by atoms with van der Waals surface area (Å²) in [5, 5.41) is 0. The van der Waals surface area contributed by atoms with E-state index in [-0.39, 0.29) is 6.61 Å². The van der Waals surface area contributed by atoms with E-state index in [0.29, 0.717) is 9.37 Å². The van der Waals surface area contributed by atoms with Gasteiger partial charge in [0.05, 0.1) is 12.4 Å². The zero-order valence-electron chi connectivity index (χ0n) is 9.99. The summed E-state index contributed by atoms with van der Waals surface area (Å²) in [5.41, 5.74) is 0. The number of esters is 1. The molecule has 0 saturated carbocycles. The Balaban J connectivity index is 2.65. The maximum atomic E-state index is 13.4. The van der Waals surface area contributed by atoms with Crippen molar-refractivity contribution in [2.24, 2.45) is 0 Å². The lowest BCUT2D eigenvalue weighted by molar-refractivity contribution is -0.175. The fourth-order valence-electron chi connectivity index (χ4n) is 1.13. The average molecular weight is 353 g/mol. The van der Waals surface area contributed by atoms with Crippen molar-refractivity contribution >= 4 is 39.4 Å². The summed E-state index contributed by atoms with van der Waals surface area (Å²) in [4.78, 5) is 23.0. The SMILES string of the molecule is CCOC(=O)C(F)(F)C(=O)CSc1ccccc1Br. The molecule has 0 atom stereocenters. The predicted octanol–water partition coefficient (Wildman–Crippen LogP) is 3.31. The van der Waals surface area contributed by atoms with Crippen molar-refractivity contribution in [3.8, 4) is 0 Å². The lowest BCUT2D eigenvalue weighted by Gasteiger charge is -2.13. The quantitative estimate of drug-likeness (QED) is 0.447. The molecule has 0 aliphatic rings. The van der Waals surface area contributed by atoms with Gasteiger partial charge < -0.3 is 4.74 Å². The van der Waals surface area contributed by atoms with Crippen molar-refractivity contribution in [1.29, 1.82) is 0 Å². The van der Waals surface area contributed by atoms with E-state index in [1.807, 2.05) is 0 Å². The zero-order valence-corrected chi connectivity index (χ0v) is 12.4. The molecule has 0 aromatic heterocycles. The van der Waals surface area contributed by atoms with E-state index in [9.17, 15) is 18.4 Å². The second-order valence-electron chi connectivity index (χ2n) is 3.44. The highest BCUT2D eigenvalue weighted by Gasteiger charge is 2.48. The molecule has 0 aliphatic carbocycles. The number of halogens is 3. The normalized spacial score (nSPS) is 11.2. The summed E-state index contributed by atoms with van der Waals surface area (Å²) in [6, 6.07) is 6.91. The van der Waals surface area contributed by atoms with Crippen molar-refractivity contribution in [3.05, 3.63) is 28.7 Å². The number of Topliss-reactive ketones (excluding diaryl/α,β-unsaturated/α-hetero) is 1. The first kappa shape index (κ1) is 16.1. The number of ether oxygens (including phenoxy) is 1. The molecular weight excluding hydrogens is 342 g/mol. The van der Waals surface area contributed by atoms with Gasteiger partial charge in [0.2, 0.25) is 5.78 Å². The highest BCUT2D eigenvalue weighted by atomic mass is 79.9. The van der Waals surface area contributed by atoms with Crippen LogP contribution in [0, 0.1) is 0 Å². The molecule has 0 bridgehead atoms. The van der Waals surface area contributed by atoms with E-state index in [4.69, 9.17) is 0 Å². The van der Waals surface area contributed by atoms with E-state index in [1.54, 1.807) is 24.3 Å². The maximum absolute atomic E-state index is 13.4. The zero-order chi connectivity index (χ0) is 14.5. The molecule has 104 valence electrons. The Morgan fingerprint density at radius 1 is 1.37 bits per heavy atom. The maximum Gasteiger partial charge on any atom is 0.400 e. The minimum Gasteiger partial charge on any atom is -0.461 e. The van der Waals surface area contributed by atoms with E-state index in [2.05, 4.69) is 20.7 Å². The molecule has 7 heteroatoms. The van der Waals surface area contributed by atoms with Crippen LogP contribution in [0.15, 0.2) is 33.6 Å². The van der Waals surface area contributed by atoms with Gasteiger partial charge in [0, 0.05) is 9.37 Å². The molecule has 0 unspecified atom stereocenters. The molecule has 0 amide bonds. The topological polar surface area (TPSA) is 43.4 Å². The molecular formula is C12H11BrF2O3S. The predicted molar refractivity (Wildman–Crippen MR) is 71.5 cm³/mol. The smallest absolute Gasteiger partial charge is 0.400 e. The third-order valence-electron chi connectivity index (χ3n) is 2.08. The Labute approximate surface area is 121 Å². The summed E-state index contributed by atoms with van der Waals surface area (Å²) in [6.07, 6.45) is 0. The fraction of sp³-hybridized carbons (Fsp3) is 0.333. The van der Waals surface area contributed by atoms with Gasteiger partial charge in [-0.25, -0.2) is 4.79 Å². The second kappa shape index (κ2) is 7.00. The summed E-state index contributed by atoms with van der Waals surface area (Å²) in [7, 11) is 0. The highest BCUT2D eigenvalue weighted by molar-refractivity contribution is 9.10. The van der Waals surface area contributed by atoms with Gasteiger partial charge >= 0.3 is 11.9 Å². The molecule has 0 spiro atoms.